The number of esters is 1. The molecule has 0 saturated heterocycles. The molecule has 2 aromatic carbocycles. The van der Waals surface area contributed by atoms with Gasteiger partial charge in [0.2, 0.25) is 0 Å². The highest BCUT2D eigenvalue weighted by Crippen LogP contribution is 2.43. The van der Waals surface area contributed by atoms with E-state index in [1.54, 1.807) is 21.3 Å². The molecule has 0 N–H and O–H groups in total. The van der Waals surface area contributed by atoms with Crippen molar-refractivity contribution >= 4 is 11.5 Å². The zero-order valence-electron chi connectivity index (χ0n) is 15.1. The van der Waals surface area contributed by atoms with Gasteiger partial charge in [-0.2, -0.15) is 0 Å². The molecule has 2 rings (SSSR count). The van der Waals surface area contributed by atoms with Crippen molar-refractivity contribution in [3.05, 3.63) is 48.0 Å². The summed E-state index contributed by atoms with van der Waals surface area (Å²) >= 11 is 0. The number of hydrogen-bond donors (Lipinski definition) is 0. The molecule has 5 nitrogen and oxygen atoms in total. The molecular weight excluding hydrogens is 320 g/mol. The van der Waals surface area contributed by atoms with Gasteiger partial charge in [0.25, 0.3) is 0 Å². The van der Waals surface area contributed by atoms with Gasteiger partial charge in [-0.05, 0) is 36.3 Å². The van der Waals surface area contributed by atoms with E-state index in [4.69, 9.17) is 18.9 Å². The minimum absolute atomic E-state index is 0.411. The molecule has 0 aliphatic heterocycles. The van der Waals surface area contributed by atoms with Crippen LogP contribution in [0.25, 0.3) is 16.7 Å². The molecule has 0 bridgehead atoms. The fraction of sp³-hybridized carbons (Fsp3) is 0.250. The van der Waals surface area contributed by atoms with Gasteiger partial charge in [0, 0.05) is 17.2 Å². The highest BCUT2D eigenvalue weighted by molar-refractivity contribution is 5.92. The van der Waals surface area contributed by atoms with E-state index in [1.165, 1.54) is 13.2 Å². The molecule has 0 radical (unpaired) electrons. The Bertz CT molecular complexity index is 793. The largest absolute Gasteiger partial charge is 0.496 e. The highest BCUT2D eigenvalue weighted by Gasteiger charge is 2.17. The van der Waals surface area contributed by atoms with Crippen LogP contribution < -0.4 is 14.2 Å². The maximum atomic E-state index is 11.6. The fourth-order valence-electron chi connectivity index (χ4n) is 2.58. The van der Waals surface area contributed by atoms with Crippen LogP contribution in [-0.4, -0.2) is 34.4 Å². The van der Waals surface area contributed by atoms with Gasteiger partial charge in [-0.3, -0.25) is 0 Å². The van der Waals surface area contributed by atoms with Crippen molar-refractivity contribution in [2.75, 3.05) is 28.4 Å². The van der Waals surface area contributed by atoms with Crippen LogP contribution in [0.5, 0.6) is 17.2 Å². The Morgan fingerprint density at radius 2 is 1.56 bits per heavy atom. The van der Waals surface area contributed by atoms with E-state index in [-0.39, 0.29) is 0 Å². The second-order valence-corrected chi connectivity index (χ2v) is 5.31. The van der Waals surface area contributed by atoms with E-state index >= 15 is 0 Å². The lowest BCUT2D eigenvalue weighted by atomic mass is 9.97. The molecule has 0 fully saturated rings. The normalized spacial score (nSPS) is 11.0. The summed E-state index contributed by atoms with van der Waals surface area (Å²) in [6.45, 7) is 1.84. The lowest BCUT2D eigenvalue weighted by Crippen LogP contribution is -1.99. The van der Waals surface area contributed by atoms with Gasteiger partial charge >= 0.3 is 5.97 Å². The van der Waals surface area contributed by atoms with Crippen LogP contribution in [0.3, 0.4) is 0 Å². The minimum atomic E-state index is -0.411. The number of methoxy groups -OCH3 is 4. The number of rotatable bonds is 6. The van der Waals surface area contributed by atoms with Gasteiger partial charge in [-0.15, -0.1) is 0 Å². The van der Waals surface area contributed by atoms with Crippen LogP contribution in [0.15, 0.2) is 42.5 Å². The van der Waals surface area contributed by atoms with Gasteiger partial charge < -0.3 is 18.9 Å². The summed E-state index contributed by atoms with van der Waals surface area (Å²) in [5.74, 6) is 1.47. The van der Waals surface area contributed by atoms with Gasteiger partial charge in [-0.25, -0.2) is 4.79 Å². The SMILES string of the molecule is COC(=O)/C=C(\C)c1cc(OC)c(OC)c(-c2ccccc2OC)c1. The number of benzene rings is 2. The van der Waals surface area contributed by atoms with Crippen molar-refractivity contribution in [3.8, 4) is 28.4 Å². The van der Waals surface area contributed by atoms with Crippen molar-refractivity contribution in [2.24, 2.45) is 0 Å². The molecule has 0 saturated carbocycles. The monoisotopic (exact) mass is 342 g/mol. The Hall–Kier alpha value is -2.95. The van der Waals surface area contributed by atoms with Crippen molar-refractivity contribution in [1.82, 2.24) is 0 Å². The van der Waals surface area contributed by atoms with Crippen LogP contribution in [0, 0.1) is 0 Å². The molecule has 5 heteroatoms. The molecule has 0 amide bonds. The number of carbonyl (C=O) groups is 1. The van der Waals surface area contributed by atoms with Crippen molar-refractivity contribution in [2.45, 2.75) is 6.92 Å². The second-order valence-electron chi connectivity index (χ2n) is 5.31. The third-order valence-electron chi connectivity index (χ3n) is 3.87. The van der Waals surface area contributed by atoms with Crippen molar-refractivity contribution < 1.29 is 23.7 Å². The number of carbonyl (C=O) groups excluding carboxylic acids is 1. The summed E-state index contributed by atoms with van der Waals surface area (Å²) in [6, 6.07) is 11.4. The first-order valence-corrected chi connectivity index (χ1v) is 7.71. The Morgan fingerprint density at radius 1 is 0.880 bits per heavy atom. The lowest BCUT2D eigenvalue weighted by Gasteiger charge is -2.17. The molecule has 0 aliphatic carbocycles. The van der Waals surface area contributed by atoms with Gasteiger partial charge in [0.1, 0.15) is 5.75 Å². The second kappa shape index (κ2) is 8.24. The van der Waals surface area contributed by atoms with Crippen LogP contribution in [0.4, 0.5) is 0 Å². The molecule has 132 valence electrons. The molecular formula is C20H22O5. The molecule has 0 heterocycles. The summed E-state index contributed by atoms with van der Waals surface area (Å²) in [7, 11) is 6.14. The first-order chi connectivity index (χ1) is 12.0. The average Bonchev–Trinajstić information content (AvgIpc) is 2.66. The first-order valence-electron chi connectivity index (χ1n) is 7.71. The topological polar surface area (TPSA) is 54.0 Å². The molecule has 2 aromatic rings. The smallest absolute Gasteiger partial charge is 0.330 e. The Morgan fingerprint density at radius 3 is 2.16 bits per heavy atom. The molecule has 0 unspecified atom stereocenters. The summed E-state index contributed by atoms with van der Waals surface area (Å²) in [5.41, 5.74) is 3.26. The van der Waals surface area contributed by atoms with Gasteiger partial charge in [0.15, 0.2) is 11.5 Å². The molecule has 25 heavy (non-hydrogen) atoms. The quantitative estimate of drug-likeness (QED) is 0.587. The predicted octanol–water partition coefficient (Wildman–Crippen LogP) is 3.96. The van der Waals surface area contributed by atoms with E-state index in [9.17, 15) is 4.79 Å². The van der Waals surface area contributed by atoms with Crippen molar-refractivity contribution in [1.29, 1.82) is 0 Å². The third-order valence-corrected chi connectivity index (χ3v) is 3.87. The minimum Gasteiger partial charge on any atom is -0.496 e. The predicted molar refractivity (Wildman–Crippen MR) is 97.2 cm³/mol. The average molecular weight is 342 g/mol. The first kappa shape index (κ1) is 18.4. The van der Waals surface area contributed by atoms with Crippen LogP contribution >= 0.6 is 0 Å². The lowest BCUT2D eigenvalue weighted by molar-refractivity contribution is -0.134. The fourth-order valence-corrected chi connectivity index (χ4v) is 2.58. The van der Waals surface area contributed by atoms with E-state index < -0.39 is 5.97 Å². The Labute approximate surface area is 147 Å². The number of para-hydroxylation sites is 1. The van der Waals surface area contributed by atoms with E-state index in [0.29, 0.717) is 11.5 Å². The van der Waals surface area contributed by atoms with E-state index in [1.807, 2.05) is 43.3 Å². The van der Waals surface area contributed by atoms with Crippen molar-refractivity contribution in [3.63, 3.8) is 0 Å². The van der Waals surface area contributed by atoms with Crippen LogP contribution in [0.1, 0.15) is 12.5 Å². The van der Waals surface area contributed by atoms with E-state index in [2.05, 4.69) is 0 Å². The zero-order valence-corrected chi connectivity index (χ0v) is 15.1. The van der Waals surface area contributed by atoms with Gasteiger partial charge in [-0.1, -0.05) is 18.2 Å². The molecule has 0 aliphatic rings. The number of hydrogen-bond acceptors (Lipinski definition) is 5. The summed E-state index contributed by atoms with van der Waals surface area (Å²) in [6.07, 6.45) is 1.44. The Balaban J connectivity index is 2.71. The summed E-state index contributed by atoms with van der Waals surface area (Å²) < 4.78 is 21.2. The number of allylic oxidation sites excluding steroid dienone is 1. The molecule has 0 spiro atoms. The van der Waals surface area contributed by atoms with Crippen LogP contribution in [-0.2, 0) is 9.53 Å². The Kier molecular flexibility index (Phi) is 6.06. The molecule has 0 atom stereocenters. The standard InChI is InChI=1S/C20H22O5/c1-13(10-19(21)24-4)14-11-16(20(25-5)18(12-14)23-3)15-8-6-7-9-17(15)22-2/h6-12H,1-5H3/b13-10+. The maximum Gasteiger partial charge on any atom is 0.330 e. The van der Waals surface area contributed by atoms with Gasteiger partial charge in [0.05, 0.1) is 28.4 Å². The third kappa shape index (κ3) is 3.94. The van der Waals surface area contributed by atoms with Crippen LogP contribution in [0.2, 0.25) is 0 Å². The van der Waals surface area contributed by atoms with E-state index in [0.717, 1.165) is 28.0 Å². The maximum absolute atomic E-state index is 11.6. The molecule has 0 aromatic heterocycles. The summed E-state index contributed by atoms with van der Waals surface area (Å²) in [5, 5.41) is 0. The number of ether oxygens (including phenoxy) is 4. The highest BCUT2D eigenvalue weighted by atomic mass is 16.5. The zero-order chi connectivity index (χ0) is 18.4. The summed E-state index contributed by atoms with van der Waals surface area (Å²) in [4.78, 5) is 11.6.